The Morgan fingerprint density at radius 2 is 2.70 bits per heavy atom. The van der Waals surface area contributed by atoms with Gasteiger partial charge in [-0.25, -0.2) is 0 Å². The number of nitrogens with zero attached hydrogens (tertiary/aromatic N) is 2. The highest BCUT2D eigenvalue weighted by Crippen LogP contribution is 2.19. The molecule has 1 heterocycles. The maximum absolute atomic E-state index is 3.89. The second-order valence-corrected chi connectivity index (χ2v) is 3.81. The molecule has 0 saturated carbocycles. The topological polar surface area (TPSA) is 25.8 Å². The highest BCUT2D eigenvalue weighted by atomic mass is 32.2. The molecule has 0 aromatic carbocycles. The van der Waals surface area contributed by atoms with Crippen LogP contribution in [-0.4, -0.2) is 16.0 Å². The lowest BCUT2D eigenvalue weighted by molar-refractivity contribution is 1.01. The van der Waals surface area contributed by atoms with Crippen LogP contribution in [0.2, 0.25) is 0 Å². The van der Waals surface area contributed by atoms with Crippen molar-refractivity contribution in [1.29, 1.82) is 0 Å². The van der Waals surface area contributed by atoms with Crippen molar-refractivity contribution in [3.8, 4) is 0 Å². The van der Waals surface area contributed by atoms with Gasteiger partial charge in [-0.05, 0) is 6.42 Å². The molecule has 0 unspecified atom stereocenters. The van der Waals surface area contributed by atoms with Crippen LogP contribution in [0.3, 0.4) is 0 Å². The van der Waals surface area contributed by atoms with Gasteiger partial charge in [-0.1, -0.05) is 29.2 Å². The van der Waals surface area contributed by atoms with E-state index in [2.05, 4.69) is 16.8 Å². The molecule has 4 heteroatoms. The molecule has 0 saturated heterocycles. The molecule has 1 aromatic heterocycles. The Morgan fingerprint density at radius 3 is 3.30 bits per heavy atom. The lowest BCUT2D eigenvalue weighted by Gasteiger charge is -1.88. The Labute approximate surface area is 68.4 Å². The van der Waals surface area contributed by atoms with Gasteiger partial charge in [0.2, 0.25) is 0 Å². The predicted molar refractivity (Wildman–Crippen MR) is 45.4 cm³/mol. The van der Waals surface area contributed by atoms with E-state index in [1.807, 2.05) is 6.08 Å². The predicted octanol–water partition coefficient (Wildman–Crippen LogP) is 2.21. The van der Waals surface area contributed by atoms with Crippen LogP contribution in [-0.2, 0) is 0 Å². The zero-order valence-corrected chi connectivity index (χ0v) is 7.12. The SMILES string of the molecule is C=CCCSc1nncs1. The molecule has 0 radical (unpaired) electrons. The summed E-state index contributed by atoms with van der Waals surface area (Å²) in [7, 11) is 0. The maximum atomic E-state index is 3.89. The summed E-state index contributed by atoms with van der Waals surface area (Å²) in [6, 6.07) is 0. The van der Waals surface area contributed by atoms with Gasteiger partial charge in [0.25, 0.3) is 0 Å². The molecule has 0 atom stereocenters. The van der Waals surface area contributed by atoms with Gasteiger partial charge in [0.15, 0.2) is 4.34 Å². The van der Waals surface area contributed by atoms with Crippen molar-refractivity contribution < 1.29 is 0 Å². The van der Waals surface area contributed by atoms with Gasteiger partial charge in [-0.2, -0.15) is 0 Å². The summed E-state index contributed by atoms with van der Waals surface area (Å²) in [6.45, 7) is 3.63. The van der Waals surface area contributed by atoms with Crippen molar-refractivity contribution in [3.63, 3.8) is 0 Å². The minimum absolute atomic E-state index is 1.03. The summed E-state index contributed by atoms with van der Waals surface area (Å²) >= 11 is 3.31. The average molecular weight is 172 g/mol. The molecule has 0 spiro atoms. The van der Waals surface area contributed by atoms with E-state index in [1.54, 1.807) is 28.6 Å². The molecule has 0 N–H and O–H groups in total. The van der Waals surface area contributed by atoms with Crippen molar-refractivity contribution in [3.05, 3.63) is 18.2 Å². The van der Waals surface area contributed by atoms with E-state index < -0.39 is 0 Å². The van der Waals surface area contributed by atoms with Crippen molar-refractivity contribution >= 4 is 23.1 Å². The molecule has 0 aliphatic heterocycles. The number of rotatable bonds is 4. The lowest BCUT2D eigenvalue weighted by atomic mass is 10.5. The molecule has 0 aliphatic carbocycles. The van der Waals surface area contributed by atoms with E-state index in [0.29, 0.717) is 0 Å². The van der Waals surface area contributed by atoms with Crippen molar-refractivity contribution in [2.45, 2.75) is 10.8 Å². The molecular weight excluding hydrogens is 164 g/mol. The normalized spacial score (nSPS) is 9.60. The Bertz CT molecular complexity index is 184. The fraction of sp³-hybridized carbons (Fsp3) is 0.333. The minimum atomic E-state index is 1.03. The summed E-state index contributed by atoms with van der Waals surface area (Å²) in [5.74, 6) is 1.05. The maximum Gasteiger partial charge on any atom is 0.174 e. The molecule has 1 aromatic rings. The molecule has 2 nitrogen and oxygen atoms in total. The Morgan fingerprint density at radius 1 is 1.80 bits per heavy atom. The van der Waals surface area contributed by atoms with Crippen molar-refractivity contribution in [1.82, 2.24) is 10.2 Å². The summed E-state index contributed by atoms with van der Waals surface area (Å²) in [5.41, 5.74) is 1.75. The standard InChI is InChI=1S/C6H8N2S2/c1-2-3-4-9-6-8-7-5-10-6/h2,5H,1,3-4H2. The van der Waals surface area contributed by atoms with Crippen LogP contribution in [0, 0.1) is 0 Å². The fourth-order valence-corrected chi connectivity index (χ4v) is 1.95. The van der Waals surface area contributed by atoms with Gasteiger partial charge >= 0.3 is 0 Å². The number of thioether (sulfide) groups is 1. The highest BCUT2D eigenvalue weighted by Gasteiger charge is 1.93. The summed E-state index contributed by atoms with van der Waals surface area (Å²) in [6.07, 6.45) is 2.94. The van der Waals surface area contributed by atoms with Gasteiger partial charge in [0.05, 0.1) is 0 Å². The van der Waals surface area contributed by atoms with Gasteiger partial charge in [0, 0.05) is 5.75 Å². The molecule has 0 aliphatic rings. The van der Waals surface area contributed by atoms with E-state index in [9.17, 15) is 0 Å². The Hall–Kier alpha value is -0.350. The van der Waals surface area contributed by atoms with Gasteiger partial charge in [0.1, 0.15) is 5.51 Å². The van der Waals surface area contributed by atoms with E-state index in [0.717, 1.165) is 16.5 Å². The van der Waals surface area contributed by atoms with Crippen LogP contribution < -0.4 is 0 Å². The van der Waals surface area contributed by atoms with Crippen LogP contribution >= 0.6 is 23.1 Å². The highest BCUT2D eigenvalue weighted by molar-refractivity contribution is 8.00. The van der Waals surface area contributed by atoms with Gasteiger partial charge in [-0.15, -0.1) is 16.8 Å². The number of hydrogen-bond donors (Lipinski definition) is 0. The first-order valence-corrected chi connectivity index (χ1v) is 4.80. The summed E-state index contributed by atoms with van der Waals surface area (Å²) < 4.78 is 1.04. The van der Waals surface area contributed by atoms with Crippen LogP contribution in [0.5, 0.6) is 0 Å². The van der Waals surface area contributed by atoms with Crippen LogP contribution in [0.25, 0.3) is 0 Å². The van der Waals surface area contributed by atoms with Crippen molar-refractivity contribution in [2.24, 2.45) is 0 Å². The quantitative estimate of drug-likeness (QED) is 0.395. The number of allylic oxidation sites excluding steroid dienone is 1. The van der Waals surface area contributed by atoms with E-state index in [4.69, 9.17) is 0 Å². The molecule has 54 valence electrons. The van der Waals surface area contributed by atoms with E-state index >= 15 is 0 Å². The Balaban J connectivity index is 2.21. The molecule has 10 heavy (non-hydrogen) atoms. The summed E-state index contributed by atoms with van der Waals surface area (Å²) in [4.78, 5) is 0. The van der Waals surface area contributed by atoms with Gasteiger partial charge < -0.3 is 0 Å². The van der Waals surface area contributed by atoms with Crippen LogP contribution in [0.15, 0.2) is 22.5 Å². The second-order valence-electron chi connectivity index (χ2n) is 1.63. The molecule has 0 fully saturated rings. The van der Waals surface area contributed by atoms with Crippen LogP contribution in [0.4, 0.5) is 0 Å². The molecular formula is C6H8N2S2. The third-order valence-electron chi connectivity index (χ3n) is 0.888. The third kappa shape index (κ3) is 2.49. The van der Waals surface area contributed by atoms with E-state index in [-0.39, 0.29) is 0 Å². The molecule has 0 bridgehead atoms. The molecule has 1 rings (SSSR count). The number of hydrogen-bond acceptors (Lipinski definition) is 4. The average Bonchev–Trinajstić information content (AvgIpc) is 2.41. The third-order valence-corrected chi connectivity index (χ3v) is 2.78. The van der Waals surface area contributed by atoms with Crippen LogP contribution in [0.1, 0.15) is 6.42 Å². The zero-order valence-electron chi connectivity index (χ0n) is 5.49. The number of aromatic nitrogens is 2. The van der Waals surface area contributed by atoms with E-state index in [1.165, 1.54) is 0 Å². The first-order valence-electron chi connectivity index (χ1n) is 2.93. The first-order chi connectivity index (χ1) is 4.93. The lowest BCUT2D eigenvalue weighted by Crippen LogP contribution is -1.74. The smallest absolute Gasteiger partial charge is 0.146 e. The summed E-state index contributed by atoms with van der Waals surface area (Å²) in [5, 5.41) is 7.61. The van der Waals surface area contributed by atoms with Crippen molar-refractivity contribution in [2.75, 3.05) is 5.75 Å². The minimum Gasteiger partial charge on any atom is -0.146 e. The first kappa shape index (κ1) is 7.75. The Kier molecular flexibility index (Phi) is 3.46. The molecule has 0 amide bonds. The fourth-order valence-electron chi connectivity index (χ4n) is 0.455. The van der Waals surface area contributed by atoms with Gasteiger partial charge in [-0.3, -0.25) is 0 Å². The largest absolute Gasteiger partial charge is 0.174 e. The monoisotopic (exact) mass is 172 g/mol. The second kappa shape index (κ2) is 4.46. The zero-order chi connectivity index (χ0) is 7.23.